The maximum atomic E-state index is 12.5. The normalized spacial score (nSPS) is 17.5. The molecule has 1 fully saturated rings. The summed E-state index contributed by atoms with van der Waals surface area (Å²) in [5.41, 5.74) is 3.05. The summed E-state index contributed by atoms with van der Waals surface area (Å²) in [6.07, 6.45) is 2.78. The highest BCUT2D eigenvalue weighted by atomic mass is 32.1. The van der Waals surface area contributed by atoms with Crippen LogP contribution in [0.4, 0.5) is 4.79 Å². The van der Waals surface area contributed by atoms with Crippen molar-refractivity contribution in [1.29, 1.82) is 0 Å². The standard InChI is InChI=1S/C17H22N4OS/c1-12-5-3-6-14(19-12)8-9-18-17(22)21-10-4-7-16(21)15-11-23-13(2)20-15/h3,5-6,11,16H,4,7-10H2,1-2H3,(H,18,22). The molecule has 0 bridgehead atoms. The molecule has 1 aliphatic rings. The summed E-state index contributed by atoms with van der Waals surface area (Å²) < 4.78 is 0. The van der Waals surface area contributed by atoms with Crippen molar-refractivity contribution in [2.75, 3.05) is 13.1 Å². The molecule has 5 nitrogen and oxygen atoms in total. The number of aryl methyl sites for hydroxylation is 2. The largest absolute Gasteiger partial charge is 0.338 e. The molecule has 1 atom stereocenters. The third-order valence-corrected chi connectivity index (χ3v) is 4.89. The summed E-state index contributed by atoms with van der Waals surface area (Å²) >= 11 is 1.64. The van der Waals surface area contributed by atoms with E-state index in [0.717, 1.165) is 47.9 Å². The van der Waals surface area contributed by atoms with E-state index in [4.69, 9.17) is 0 Å². The molecular weight excluding hydrogens is 308 g/mol. The van der Waals surface area contributed by atoms with E-state index in [0.29, 0.717) is 6.54 Å². The predicted octanol–water partition coefficient (Wildman–Crippen LogP) is 3.24. The third kappa shape index (κ3) is 3.88. The zero-order chi connectivity index (χ0) is 16.2. The van der Waals surface area contributed by atoms with Gasteiger partial charge in [0.05, 0.1) is 16.7 Å². The molecule has 0 saturated carbocycles. The Morgan fingerprint density at radius 2 is 2.26 bits per heavy atom. The van der Waals surface area contributed by atoms with E-state index < -0.39 is 0 Å². The van der Waals surface area contributed by atoms with Crippen molar-refractivity contribution < 1.29 is 4.79 Å². The number of hydrogen-bond acceptors (Lipinski definition) is 4. The Kier molecular flexibility index (Phi) is 4.91. The number of urea groups is 1. The van der Waals surface area contributed by atoms with Crippen LogP contribution < -0.4 is 5.32 Å². The van der Waals surface area contributed by atoms with Gasteiger partial charge in [-0.2, -0.15) is 0 Å². The van der Waals surface area contributed by atoms with Gasteiger partial charge in [0.25, 0.3) is 0 Å². The number of carbonyl (C=O) groups is 1. The van der Waals surface area contributed by atoms with Crippen molar-refractivity contribution in [2.24, 2.45) is 0 Å². The van der Waals surface area contributed by atoms with E-state index in [2.05, 4.69) is 20.7 Å². The number of thiazole rings is 1. The highest BCUT2D eigenvalue weighted by Crippen LogP contribution is 2.32. The van der Waals surface area contributed by atoms with E-state index in [1.54, 1.807) is 11.3 Å². The lowest BCUT2D eigenvalue weighted by atomic mass is 10.2. The van der Waals surface area contributed by atoms with Gasteiger partial charge in [-0.05, 0) is 38.8 Å². The van der Waals surface area contributed by atoms with Crippen LogP contribution in [-0.2, 0) is 6.42 Å². The number of carbonyl (C=O) groups excluding carboxylic acids is 1. The lowest BCUT2D eigenvalue weighted by Gasteiger charge is -2.23. The van der Waals surface area contributed by atoms with Crippen LogP contribution in [0, 0.1) is 13.8 Å². The quantitative estimate of drug-likeness (QED) is 0.936. The first-order valence-corrected chi connectivity index (χ1v) is 8.90. The fourth-order valence-corrected chi connectivity index (χ4v) is 3.65. The fourth-order valence-electron chi connectivity index (χ4n) is 2.99. The van der Waals surface area contributed by atoms with Gasteiger partial charge in [-0.3, -0.25) is 4.98 Å². The van der Waals surface area contributed by atoms with Crippen LogP contribution in [-0.4, -0.2) is 34.0 Å². The number of rotatable bonds is 4. The maximum Gasteiger partial charge on any atom is 0.317 e. The van der Waals surface area contributed by atoms with Gasteiger partial charge in [0.1, 0.15) is 0 Å². The van der Waals surface area contributed by atoms with Gasteiger partial charge < -0.3 is 10.2 Å². The van der Waals surface area contributed by atoms with Crippen LogP contribution in [0.3, 0.4) is 0 Å². The summed E-state index contributed by atoms with van der Waals surface area (Å²) in [5.74, 6) is 0. The molecule has 1 saturated heterocycles. The number of nitrogens with zero attached hydrogens (tertiary/aromatic N) is 3. The summed E-state index contributed by atoms with van der Waals surface area (Å²) in [6, 6.07) is 6.10. The number of likely N-dealkylation sites (tertiary alicyclic amines) is 1. The zero-order valence-corrected chi connectivity index (χ0v) is 14.4. The van der Waals surface area contributed by atoms with Gasteiger partial charge in [-0.15, -0.1) is 11.3 Å². The lowest BCUT2D eigenvalue weighted by Crippen LogP contribution is -2.40. The summed E-state index contributed by atoms with van der Waals surface area (Å²) in [4.78, 5) is 23.4. The molecule has 0 aliphatic carbocycles. The van der Waals surface area contributed by atoms with Gasteiger partial charge in [0, 0.05) is 36.3 Å². The molecular formula is C17H22N4OS. The van der Waals surface area contributed by atoms with Crippen LogP contribution in [0.25, 0.3) is 0 Å². The molecule has 3 heterocycles. The highest BCUT2D eigenvalue weighted by molar-refractivity contribution is 7.09. The van der Waals surface area contributed by atoms with Crippen molar-refractivity contribution in [3.8, 4) is 0 Å². The fraction of sp³-hybridized carbons (Fsp3) is 0.471. The molecule has 3 rings (SSSR count). The monoisotopic (exact) mass is 330 g/mol. The average Bonchev–Trinajstić information content (AvgIpc) is 3.15. The van der Waals surface area contributed by atoms with E-state index in [9.17, 15) is 4.79 Å². The van der Waals surface area contributed by atoms with Gasteiger partial charge in [0.2, 0.25) is 0 Å². The van der Waals surface area contributed by atoms with Crippen molar-refractivity contribution in [3.05, 3.63) is 45.7 Å². The molecule has 2 aromatic rings. The second-order valence-electron chi connectivity index (χ2n) is 5.90. The third-order valence-electron chi connectivity index (χ3n) is 4.10. The minimum Gasteiger partial charge on any atom is -0.338 e. The average molecular weight is 330 g/mol. The molecule has 0 radical (unpaired) electrons. The molecule has 23 heavy (non-hydrogen) atoms. The van der Waals surface area contributed by atoms with Crippen LogP contribution in [0.5, 0.6) is 0 Å². The van der Waals surface area contributed by atoms with Crippen LogP contribution in [0.2, 0.25) is 0 Å². The van der Waals surface area contributed by atoms with Crippen LogP contribution in [0.15, 0.2) is 23.6 Å². The van der Waals surface area contributed by atoms with Gasteiger partial charge in [0.15, 0.2) is 0 Å². The topological polar surface area (TPSA) is 58.1 Å². The molecule has 6 heteroatoms. The Morgan fingerprint density at radius 3 is 3.00 bits per heavy atom. The number of aromatic nitrogens is 2. The van der Waals surface area contributed by atoms with Crippen molar-refractivity contribution >= 4 is 17.4 Å². The second kappa shape index (κ2) is 7.08. The summed E-state index contributed by atoms with van der Waals surface area (Å²) in [5, 5.41) is 6.15. The first-order chi connectivity index (χ1) is 11.1. The zero-order valence-electron chi connectivity index (χ0n) is 13.6. The van der Waals surface area contributed by atoms with Gasteiger partial charge in [-0.25, -0.2) is 9.78 Å². The summed E-state index contributed by atoms with van der Waals surface area (Å²) in [7, 11) is 0. The molecule has 122 valence electrons. The Labute approximate surface area is 140 Å². The van der Waals surface area contributed by atoms with Crippen molar-refractivity contribution in [2.45, 2.75) is 39.2 Å². The molecule has 1 unspecified atom stereocenters. The first-order valence-electron chi connectivity index (χ1n) is 8.02. The maximum absolute atomic E-state index is 12.5. The van der Waals surface area contributed by atoms with E-state index in [-0.39, 0.29) is 12.1 Å². The molecule has 0 spiro atoms. The van der Waals surface area contributed by atoms with Crippen LogP contribution in [0.1, 0.15) is 41.0 Å². The van der Waals surface area contributed by atoms with E-state index >= 15 is 0 Å². The molecule has 1 N–H and O–H groups in total. The lowest BCUT2D eigenvalue weighted by molar-refractivity contribution is 0.192. The number of pyridine rings is 1. The molecule has 0 aromatic carbocycles. The molecule has 1 aliphatic heterocycles. The van der Waals surface area contributed by atoms with E-state index in [1.165, 1.54) is 0 Å². The first kappa shape index (κ1) is 15.9. The van der Waals surface area contributed by atoms with Crippen molar-refractivity contribution in [3.63, 3.8) is 0 Å². The minimum atomic E-state index is 0.00538. The molecule has 2 amide bonds. The Bertz CT molecular complexity index is 685. The Morgan fingerprint density at radius 1 is 1.39 bits per heavy atom. The Hall–Kier alpha value is -1.95. The smallest absolute Gasteiger partial charge is 0.317 e. The number of amides is 2. The SMILES string of the molecule is Cc1cccc(CCNC(=O)N2CCCC2c2csc(C)n2)n1. The second-order valence-corrected chi connectivity index (χ2v) is 6.96. The summed E-state index contributed by atoms with van der Waals surface area (Å²) in [6.45, 7) is 5.39. The number of nitrogens with one attached hydrogen (secondary N) is 1. The number of hydrogen-bond donors (Lipinski definition) is 1. The Balaban J connectivity index is 1.55. The van der Waals surface area contributed by atoms with Gasteiger partial charge in [-0.1, -0.05) is 6.07 Å². The van der Waals surface area contributed by atoms with Crippen LogP contribution >= 0.6 is 11.3 Å². The van der Waals surface area contributed by atoms with Crippen molar-refractivity contribution in [1.82, 2.24) is 20.2 Å². The minimum absolute atomic E-state index is 0.00538. The van der Waals surface area contributed by atoms with E-state index in [1.807, 2.05) is 36.9 Å². The predicted molar refractivity (Wildman–Crippen MR) is 91.6 cm³/mol. The van der Waals surface area contributed by atoms with Gasteiger partial charge >= 0.3 is 6.03 Å². The molecule has 2 aromatic heterocycles. The highest BCUT2D eigenvalue weighted by Gasteiger charge is 2.31.